The van der Waals surface area contributed by atoms with Gasteiger partial charge in [-0.2, -0.15) is 5.10 Å². The summed E-state index contributed by atoms with van der Waals surface area (Å²) in [7, 11) is 1.91. The third kappa shape index (κ3) is 2.16. The van der Waals surface area contributed by atoms with E-state index >= 15 is 0 Å². The van der Waals surface area contributed by atoms with Crippen LogP contribution in [0.15, 0.2) is 41.0 Å². The van der Waals surface area contributed by atoms with Gasteiger partial charge in [-0.1, -0.05) is 30.3 Å². The summed E-state index contributed by atoms with van der Waals surface area (Å²) in [4.78, 5) is 0. The first kappa shape index (κ1) is 11.3. The van der Waals surface area contributed by atoms with Crippen molar-refractivity contribution in [2.75, 3.05) is 0 Å². The molecule has 0 atom stereocenters. The summed E-state index contributed by atoms with van der Waals surface area (Å²) in [5.74, 6) is 0. The fraction of sp³-hybridized carbons (Fsp3) is 0.100. The number of aromatic nitrogens is 2. The second-order valence-electron chi connectivity index (χ2n) is 2.87. The average Bonchev–Trinajstić information content (AvgIpc) is 2.47. The molecule has 4 heteroatoms. The SMILES string of the molecule is Cl.Cn1cc(Br)c(-c2ccccc2)n1. The molecule has 1 heterocycles. The van der Waals surface area contributed by atoms with Gasteiger partial charge in [0.25, 0.3) is 0 Å². The molecule has 2 aromatic rings. The molecule has 2 rings (SSSR count). The Morgan fingerprint density at radius 3 is 2.36 bits per heavy atom. The van der Waals surface area contributed by atoms with Gasteiger partial charge in [-0.25, -0.2) is 0 Å². The molecule has 0 saturated carbocycles. The molecule has 0 radical (unpaired) electrons. The summed E-state index contributed by atoms with van der Waals surface area (Å²) in [6.45, 7) is 0. The highest BCUT2D eigenvalue weighted by Crippen LogP contribution is 2.25. The minimum atomic E-state index is 0. The standard InChI is InChI=1S/C10H9BrN2.ClH/c1-13-7-9(11)10(12-13)8-5-3-2-4-6-8;/h2-7H,1H3;1H. The Kier molecular flexibility index (Phi) is 3.72. The van der Waals surface area contributed by atoms with Gasteiger partial charge < -0.3 is 0 Å². The van der Waals surface area contributed by atoms with Crippen LogP contribution in [0.4, 0.5) is 0 Å². The quantitative estimate of drug-likeness (QED) is 0.780. The van der Waals surface area contributed by atoms with Crippen LogP contribution in [0.25, 0.3) is 11.3 Å². The normalized spacial score (nSPS) is 9.57. The lowest BCUT2D eigenvalue weighted by atomic mass is 10.2. The van der Waals surface area contributed by atoms with Crippen LogP contribution in [-0.2, 0) is 7.05 Å². The van der Waals surface area contributed by atoms with Crippen molar-refractivity contribution in [2.24, 2.45) is 7.05 Å². The zero-order valence-corrected chi connectivity index (χ0v) is 10.0. The van der Waals surface area contributed by atoms with E-state index in [1.54, 1.807) is 4.68 Å². The molecule has 0 aliphatic rings. The number of nitrogens with zero attached hydrogens (tertiary/aromatic N) is 2. The molecule has 0 aliphatic carbocycles. The van der Waals surface area contributed by atoms with Crippen LogP contribution in [0, 0.1) is 0 Å². The lowest BCUT2D eigenvalue weighted by molar-refractivity contribution is 0.770. The van der Waals surface area contributed by atoms with Gasteiger partial charge in [0.2, 0.25) is 0 Å². The van der Waals surface area contributed by atoms with Crippen LogP contribution in [0.1, 0.15) is 0 Å². The summed E-state index contributed by atoms with van der Waals surface area (Å²) in [5, 5.41) is 4.35. The predicted molar refractivity (Wildman–Crippen MR) is 63.6 cm³/mol. The van der Waals surface area contributed by atoms with E-state index in [0.717, 1.165) is 15.7 Å². The Morgan fingerprint density at radius 1 is 1.21 bits per heavy atom. The zero-order valence-electron chi connectivity index (χ0n) is 7.64. The number of halogens is 2. The predicted octanol–water partition coefficient (Wildman–Crippen LogP) is 3.27. The molecule has 74 valence electrons. The molecule has 0 saturated heterocycles. The van der Waals surface area contributed by atoms with Crippen molar-refractivity contribution < 1.29 is 0 Å². The van der Waals surface area contributed by atoms with Gasteiger partial charge in [-0.15, -0.1) is 12.4 Å². The molecule has 0 amide bonds. The summed E-state index contributed by atoms with van der Waals surface area (Å²) in [6, 6.07) is 10.1. The van der Waals surface area contributed by atoms with Crippen LogP contribution >= 0.6 is 28.3 Å². The highest BCUT2D eigenvalue weighted by molar-refractivity contribution is 9.10. The van der Waals surface area contributed by atoms with Gasteiger partial charge in [0.15, 0.2) is 0 Å². The molecular formula is C10H10BrClN2. The van der Waals surface area contributed by atoms with Gasteiger partial charge in [0, 0.05) is 18.8 Å². The summed E-state index contributed by atoms with van der Waals surface area (Å²) in [5.41, 5.74) is 2.12. The Morgan fingerprint density at radius 2 is 1.86 bits per heavy atom. The number of aryl methyl sites for hydroxylation is 1. The molecule has 0 unspecified atom stereocenters. The number of hydrogen-bond donors (Lipinski definition) is 0. The van der Waals surface area contributed by atoms with Gasteiger partial charge >= 0.3 is 0 Å². The first-order valence-electron chi connectivity index (χ1n) is 4.02. The molecule has 0 spiro atoms. The number of benzene rings is 1. The second-order valence-corrected chi connectivity index (χ2v) is 3.72. The van der Waals surface area contributed by atoms with Crippen molar-refractivity contribution in [3.8, 4) is 11.3 Å². The number of hydrogen-bond acceptors (Lipinski definition) is 1. The average molecular weight is 274 g/mol. The first-order valence-corrected chi connectivity index (χ1v) is 4.81. The van der Waals surface area contributed by atoms with Crippen LogP contribution in [0.3, 0.4) is 0 Å². The van der Waals surface area contributed by atoms with Crippen LogP contribution in [0.5, 0.6) is 0 Å². The fourth-order valence-electron chi connectivity index (χ4n) is 1.25. The van der Waals surface area contributed by atoms with Crippen LogP contribution < -0.4 is 0 Å². The van der Waals surface area contributed by atoms with Crippen LogP contribution in [0.2, 0.25) is 0 Å². The van der Waals surface area contributed by atoms with Crippen molar-refractivity contribution in [1.29, 1.82) is 0 Å². The topological polar surface area (TPSA) is 17.8 Å². The Balaban J connectivity index is 0.000000980. The largest absolute Gasteiger partial charge is 0.274 e. The Bertz CT molecular complexity index is 411. The van der Waals surface area contributed by atoms with Gasteiger partial charge in [0.05, 0.1) is 4.47 Å². The second kappa shape index (κ2) is 4.62. The molecule has 0 N–H and O–H groups in total. The Labute approximate surface area is 97.5 Å². The fourth-order valence-corrected chi connectivity index (χ4v) is 1.86. The van der Waals surface area contributed by atoms with Gasteiger partial charge in [0.1, 0.15) is 5.69 Å². The minimum absolute atomic E-state index is 0. The highest BCUT2D eigenvalue weighted by atomic mass is 79.9. The van der Waals surface area contributed by atoms with Crippen molar-refractivity contribution in [2.45, 2.75) is 0 Å². The minimum Gasteiger partial charge on any atom is -0.274 e. The van der Waals surface area contributed by atoms with Gasteiger partial charge in [-0.05, 0) is 15.9 Å². The molecule has 1 aromatic carbocycles. The van der Waals surface area contributed by atoms with E-state index in [9.17, 15) is 0 Å². The summed E-state index contributed by atoms with van der Waals surface area (Å²) in [6.07, 6.45) is 1.95. The zero-order chi connectivity index (χ0) is 9.26. The van der Waals surface area contributed by atoms with Crippen molar-refractivity contribution in [3.63, 3.8) is 0 Å². The van der Waals surface area contributed by atoms with E-state index in [2.05, 4.69) is 21.0 Å². The first-order chi connectivity index (χ1) is 6.27. The molecule has 0 fully saturated rings. The van der Waals surface area contributed by atoms with Crippen molar-refractivity contribution >= 4 is 28.3 Å². The molecule has 2 nitrogen and oxygen atoms in total. The third-order valence-electron chi connectivity index (χ3n) is 1.83. The smallest absolute Gasteiger partial charge is 0.106 e. The molecule has 1 aromatic heterocycles. The summed E-state index contributed by atoms with van der Waals surface area (Å²) >= 11 is 3.47. The van der Waals surface area contributed by atoms with Crippen molar-refractivity contribution in [3.05, 3.63) is 41.0 Å². The number of rotatable bonds is 1. The Hall–Kier alpha value is -0.800. The summed E-state index contributed by atoms with van der Waals surface area (Å²) < 4.78 is 2.83. The van der Waals surface area contributed by atoms with E-state index < -0.39 is 0 Å². The molecule has 0 bridgehead atoms. The van der Waals surface area contributed by atoms with E-state index in [-0.39, 0.29) is 12.4 Å². The molecular weight excluding hydrogens is 263 g/mol. The lowest BCUT2D eigenvalue weighted by Gasteiger charge is -1.95. The highest BCUT2D eigenvalue weighted by Gasteiger charge is 2.05. The molecule has 0 aliphatic heterocycles. The van der Waals surface area contributed by atoms with E-state index in [1.165, 1.54) is 0 Å². The van der Waals surface area contributed by atoms with E-state index in [1.807, 2.05) is 43.6 Å². The lowest BCUT2D eigenvalue weighted by Crippen LogP contribution is -1.87. The molecule has 14 heavy (non-hydrogen) atoms. The van der Waals surface area contributed by atoms with Gasteiger partial charge in [-0.3, -0.25) is 4.68 Å². The maximum Gasteiger partial charge on any atom is 0.106 e. The third-order valence-corrected chi connectivity index (χ3v) is 2.41. The maximum absolute atomic E-state index is 4.35. The van der Waals surface area contributed by atoms with E-state index in [0.29, 0.717) is 0 Å². The monoisotopic (exact) mass is 272 g/mol. The van der Waals surface area contributed by atoms with E-state index in [4.69, 9.17) is 0 Å². The van der Waals surface area contributed by atoms with Crippen LogP contribution in [-0.4, -0.2) is 9.78 Å². The van der Waals surface area contributed by atoms with Crippen molar-refractivity contribution in [1.82, 2.24) is 9.78 Å². The maximum atomic E-state index is 4.35.